The number of halogens is 3. The summed E-state index contributed by atoms with van der Waals surface area (Å²) >= 11 is 0. The zero-order valence-electron chi connectivity index (χ0n) is 17.8. The number of hydrogen-bond donors (Lipinski definition) is 1. The van der Waals surface area contributed by atoms with Crippen LogP contribution in [-0.4, -0.2) is 65.5 Å². The third kappa shape index (κ3) is 5.65. The van der Waals surface area contributed by atoms with E-state index in [2.05, 4.69) is 5.10 Å². The first-order valence-corrected chi connectivity index (χ1v) is 11.9. The van der Waals surface area contributed by atoms with Crippen LogP contribution in [0.5, 0.6) is 0 Å². The van der Waals surface area contributed by atoms with Crippen LogP contribution < -0.4 is 5.73 Å². The number of hydrogen-bond acceptors (Lipinski definition) is 6. The van der Waals surface area contributed by atoms with E-state index in [1.165, 1.54) is 13.1 Å². The molecule has 1 aliphatic heterocycles. The summed E-state index contributed by atoms with van der Waals surface area (Å²) in [6.45, 7) is 4.93. The van der Waals surface area contributed by atoms with Crippen molar-refractivity contribution < 1.29 is 21.6 Å². The first-order valence-electron chi connectivity index (χ1n) is 10.0. The van der Waals surface area contributed by atoms with Gasteiger partial charge < -0.3 is 5.73 Å². The first-order chi connectivity index (χ1) is 14.5. The molecule has 2 heterocycles. The predicted octanol–water partition coefficient (Wildman–Crippen LogP) is 2.03. The lowest BCUT2D eigenvalue weighted by Gasteiger charge is -2.36. The summed E-state index contributed by atoms with van der Waals surface area (Å²) in [6.07, 6.45) is 1.40. The van der Waals surface area contributed by atoms with Crippen LogP contribution in [0.15, 0.2) is 24.4 Å². The molecule has 1 aromatic heterocycles. The van der Waals surface area contributed by atoms with Crippen molar-refractivity contribution >= 4 is 10.0 Å². The fourth-order valence-electron chi connectivity index (χ4n) is 4.01. The lowest BCUT2D eigenvalue weighted by Crippen LogP contribution is -2.45. The zero-order valence-corrected chi connectivity index (χ0v) is 18.6. The second-order valence-electron chi connectivity index (χ2n) is 8.19. The van der Waals surface area contributed by atoms with Crippen LogP contribution in [0.4, 0.5) is 13.2 Å². The van der Waals surface area contributed by atoms with Crippen molar-refractivity contribution in [2.24, 2.45) is 5.73 Å². The largest absolute Gasteiger partial charge is 0.326 e. The summed E-state index contributed by atoms with van der Waals surface area (Å²) < 4.78 is 66.5. The van der Waals surface area contributed by atoms with Gasteiger partial charge in [-0.05, 0) is 32.0 Å². The molecule has 0 aliphatic carbocycles. The second-order valence-corrected chi connectivity index (χ2v) is 10.0. The van der Waals surface area contributed by atoms with E-state index in [1.807, 2.05) is 4.90 Å². The molecule has 2 aromatic rings. The molecule has 0 amide bonds. The Hall–Kier alpha value is -1.95. The van der Waals surface area contributed by atoms with Crippen molar-refractivity contribution in [3.05, 3.63) is 52.9 Å². The predicted molar refractivity (Wildman–Crippen MR) is 111 cm³/mol. The summed E-state index contributed by atoms with van der Waals surface area (Å²) in [6, 6.07) is 1.93. The van der Waals surface area contributed by atoms with Crippen molar-refractivity contribution in [3.63, 3.8) is 0 Å². The highest BCUT2D eigenvalue weighted by atomic mass is 32.2. The van der Waals surface area contributed by atoms with Crippen molar-refractivity contribution in [1.29, 1.82) is 0 Å². The van der Waals surface area contributed by atoms with Crippen LogP contribution in [0.3, 0.4) is 0 Å². The van der Waals surface area contributed by atoms with Crippen molar-refractivity contribution in [2.45, 2.75) is 45.2 Å². The molecule has 3 unspecified atom stereocenters. The maximum atomic E-state index is 14.5. The maximum absolute atomic E-state index is 14.5. The van der Waals surface area contributed by atoms with Crippen LogP contribution in [0.25, 0.3) is 0 Å². The van der Waals surface area contributed by atoms with E-state index in [1.54, 1.807) is 11.8 Å². The highest BCUT2D eigenvalue weighted by molar-refractivity contribution is 7.89. The monoisotopic (exact) mass is 459 g/mol. The SMILES string of the molecule is CC(F)CN(CCN1Cc2cn(S(C)(=O)=O)nc2C1)C(c1cc(F)ccc1F)C(C)N. The topological polar surface area (TPSA) is 84.5 Å². The van der Waals surface area contributed by atoms with Gasteiger partial charge in [0.15, 0.2) is 0 Å². The molecule has 31 heavy (non-hydrogen) atoms. The summed E-state index contributed by atoms with van der Waals surface area (Å²) in [7, 11) is -3.44. The maximum Gasteiger partial charge on any atom is 0.250 e. The molecule has 1 aromatic carbocycles. The molecule has 1 aliphatic rings. The fourth-order valence-corrected chi connectivity index (χ4v) is 4.58. The van der Waals surface area contributed by atoms with Crippen LogP contribution in [0.2, 0.25) is 0 Å². The number of rotatable bonds is 9. The minimum absolute atomic E-state index is 0.0154. The van der Waals surface area contributed by atoms with E-state index < -0.39 is 39.9 Å². The summed E-state index contributed by atoms with van der Waals surface area (Å²) in [5, 5.41) is 4.12. The Morgan fingerprint density at radius 1 is 1.26 bits per heavy atom. The highest BCUT2D eigenvalue weighted by Gasteiger charge is 2.30. The lowest BCUT2D eigenvalue weighted by molar-refractivity contribution is 0.113. The van der Waals surface area contributed by atoms with E-state index >= 15 is 0 Å². The molecule has 172 valence electrons. The molecule has 0 saturated heterocycles. The molecule has 0 spiro atoms. The average Bonchev–Trinajstić information content (AvgIpc) is 3.20. The van der Waals surface area contributed by atoms with Crippen molar-refractivity contribution in [2.75, 3.05) is 25.9 Å². The molecule has 3 rings (SSSR count). The average molecular weight is 460 g/mol. The van der Waals surface area contributed by atoms with Crippen LogP contribution in [0.1, 0.15) is 36.7 Å². The normalized spacial score (nSPS) is 17.7. The van der Waals surface area contributed by atoms with Gasteiger partial charge in [-0.15, -0.1) is 0 Å². The smallest absolute Gasteiger partial charge is 0.250 e. The Kier molecular flexibility index (Phi) is 7.09. The first kappa shape index (κ1) is 23.7. The van der Waals surface area contributed by atoms with Gasteiger partial charge >= 0.3 is 0 Å². The van der Waals surface area contributed by atoms with E-state index in [4.69, 9.17) is 5.73 Å². The molecule has 7 nitrogen and oxygen atoms in total. The number of nitrogens with zero attached hydrogens (tertiary/aromatic N) is 4. The third-order valence-corrected chi connectivity index (χ3v) is 6.19. The minimum Gasteiger partial charge on any atom is -0.326 e. The third-order valence-electron chi connectivity index (χ3n) is 5.32. The molecule has 0 radical (unpaired) electrons. The second kappa shape index (κ2) is 9.27. The molecule has 3 atom stereocenters. The molecular formula is C20H28F3N5O2S. The van der Waals surface area contributed by atoms with E-state index in [9.17, 15) is 21.6 Å². The van der Waals surface area contributed by atoms with E-state index in [-0.39, 0.29) is 12.1 Å². The molecule has 2 N–H and O–H groups in total. The van der Waals surface area contributed by atoms with Gasteiger partial charge in [0.05, 0.1) is 18.0 Å². The molecule has 0 fully saturated rings. The molecule has 0 saturated carbocycles. The number of nitrogens with two attached hydrogens (primary N) is 1. The van der Waals surface area contributed by atoms with E-state index in [0.717, 1.165) is 34.1 Å². The van der Waals surface area contributed by atoms with E-state index in [0.29, 0.717) is 31.9 Å². The van der Waals surface area contributed by atoms with Gasteiger partial charge in [0.1, 0.15) is 17.8 Å². The molecule has 0 bridgehead atoms. The van der Waals surface area contributed by atoms with Gasteiger partial charge in [-0.3, -0.25) is 9.80 Å². The summed E-state index contributed by atoms with van der Waals surface area (Å²) in [5.74, 6) is -1.17. The molecule has 11 heteroatoms. The Balaban J connectivity index is 1.75. The minimum atomic E-state index is -3.44. The highest BCUT2D eigenvalue weighted by Crippen LogP contribution is 2.28. The number of benzene rings is 1. The Labute approximate surface area is 180 Å². The van der Waals surface area contributed by atoms with Gasteiger partial charge in [0.2, 0.25) is 0 Å². The number of fused-ring (bicyclic) bond motifs is 1. The van der Waals surface area contributed by atoms with Crippen molar-refractivity contribution in [3.8, 4) is 0 Å². The Morgan fingerprint density at radius 2 is 1.97 bits per heavy atom. The van der Waals surface area contributed by atoms with Crippen molar-refractivity contribution in [1.82, 2.24) is 19.0 Å². The fraction of sp³-hybridized carbons (Fsp3) is 0.550. The number of aromatic nitrogens is 2. The standard InChI is InChI=1S/C20H28F3N5O2S/c1-13(21)9-27(20(14(2)24)17-8-16(22)4-5-18(17)23)7-6-26-10-15-11-28(31(3,29)30)25-19(15)12-26/h4-5,8,11,13-14,20H,6-7,9-10,12,24H2,1-3H3. The van der Waals surface area contributed by atoms with Gasteiger partial charge in [0.25, 0.3) is 10.0 Å². The van der Waals surface area contributed by atoms with Gasteiger partial charge in [-0.25, -0.2) is 21.6 Å². The summed E-state index contributed by atoms with van der Waals surface area (Å²) in [4.78, 5) is 3.78. The van der Waals surface area contributed by atoms with Gasteiger partial charge in [0, 0.05) is 56.1 Å². The lowest BCUT2D eigenvalue weighted by atomic mass is 9.98. The van der Waals surface area contributed by atoms with Crippen LogP contribution >= 0.6 is 0 Å². The number of alkyl halides is 1. The molecular weight excluding hydrogens is 431 g/mol. The Bertz CT molecular complexity index is 1000. The summed E-state index contributed by atoms with van der Waals surface area (Å²) in [5.41, 5.74) is 7.72. The quantitative estimate of drug-likeness (QED) is 0.618. The van der Waals surface area contributed by atoms with Crippen LogP contribution in [-0.2, 0) is 23.1 Å². The van der Waals surface area contributed by atoms with Crippen LogP contribution in [0, 0.1) is 11.6 Å². The van der Waals surface area contributed by atoms with Gasteiger partial charge in [-0.1, -0.05) is 0 Å². The Morgan fingerprint density at radius 3 is 2.55 bits per heavy atom. The van der Waals surface area contributed by atoms with Gasteiger partial charge in [-0.2, -0.15) is 9.19 Å². The zero-order chi connectivity index (χ0) is 22.9.